The first-order valence-electron chi connectivity index (χ1n) is 8.61. The lowest BCUT2D eigenvalue weighted by atomic mass is 10.1. The Morgan fingerprint density at radius 3 is 2.32 bits per heavy atom. The molecule has 0 saturated heterocycles. The second kappa shape index (κ2) is 8.56. The maximum absolute atomic E-state index is 12.7. The zero-order valence-electron chi connectivity index (χ0n) is 15.8. The fourth-order valence-corrected chi connectivity index (χ4v) is 2.45. The number of anilines is 1. The van der Waals surface area contributed by atoms with Gasteiger partial charge in [0.1, 0.15) is 5.75 Å². The van der Waals surface area contributed by atoms with Crippen molar-refractivity contribution in [2.45, 2.75) is 20.4 Å². The molecule has 2 aromatic carbocycles. The zero-order valence-corrected chi connectivity index (χ0v) is 15.8. The van der Waals surface area contributed by atoms with Crippen LogP contribution in [0.25, 0.3) is 0 Å². The summed E-state index contributed by atoms with van der Waals surface area (Å²) in [6.07, 6.45) is 0. The Bertz CT molecular complexity index is 693. The minimum Gasteiger partial charge on any atom is -0.493 e. The van der Waals surface area contributed by atoms with Gasteiger partial charge in [-0.3, -0.25) is 4.79 Å². The average Bonchev–Trinajstić information content (AvgIpc) is 2.60. The molecule has 1 amide bonds. The Morgan fingerprint density at radius 2 is 1.72 bits per heavy atom. The van der Waals surface area contributed by atoms with Gasteiger partial charge in [-0.1, -0.05) is 32.0 Å². The van der Waals surface area contributed by atoms with E-state index in [0.29, 0.717) is 24.6 Å². The van der Waals surface area contributed by atoms with Crippen molar-refractivity contribution in [3.63, 3.8) is 0 Å². The molecule has 25 heavy (non-hydrogen) atoms. The van der Waals surface area contributed by atoms with Crippen molar-refractivity contribution in [1.82, 2.24) is 4.90 Å². The highest BCUT2D eigenvalue weighted by Crippen LogP contribution is 2.17. The van der Waals surface area contributed by atoms with Crippen molar-refractivity contribution in [2.24, 2.45) is 5.92 Å². The third-order valence-corrected chi connectivity index (χ3v) is 3.88. The lowest BCUT2D eigenvalue weighted by Gasteiger charge is -2.19. The maximum Gasteiger partial charge on any atom is 0.254 e. The van der Waals surface area contributed by atoms with Crippen LogP contribution in [0.15, 0.2) is 48.5 Å². The first kappa shape index (κ1) is 18.8. The monoisotopic (exact) mass is 340 g/mol. The highest BCUT2D eigenvalue weighted by Gasteiger charge is 2.13. The van der Waals surface area contributed by atoms with E-state index in [1.165, 1.54) is 0 Å². The third kappa shape index (κ3) is 5.52. The van der Waals surface area contributed by atoms with Gasteiger partial charge in [0, 0.05) is 38.9 Å². The van der Waals surface area contributed by atoms with E-state index in [4.69, 9.17) is 4.74 Å². The second-order valence-electron chi connectivity index (χ2n) is 6.95. The highest BCUT2D eigenvalue weighted by atomic mass is 16.5. The molecule has 0 aliphatic carbocycles. The predicted molar refractivity (Wildman–Crippen MR) is 103 cm³/mol. The normalized spacial score (nSPS) is 10.6. The van der Waals surface area contributed by atoms with Crippen LogP contribution in [-0.4, -0.2) is 38.6 Å². The number of hydrogen-bond acceptors (Lipinski definition) is 3. The molecule has 0 fully saturated rings. The summed E-state index contributed by atoms with van der Waals surface area (Å²) in [6, 6.07) is 15.6. The SMILES string of the molecule is CC(C)COc1cccc(C(=O)N(C)Cc2ccc(N(C)C)cc2)c1. The molecule has 0 atom stereocenters. The van der Waals surface area contributed by atoms with Crippen molar-refractivity contribution in [3.05, 3.63) is 59.7 Å². The summed E-state index contributed by atoms with van der Waals surface area (Å²) < 4.78 is 5.72. The van der Waals surface area contributed by atoms with Crippen LogP contribution >= 0.6 is 0 Å². The molecule has 2 aromatic rings. The molecule has 4 nitrogen and oxygen atoms in total. The Morgan fingerprint density at radius 1 is 1.04 bits per heavy atom. The molecule has 0 heterocycles. The van der Waals surface area contributed by atoms with Crippen molar-refractivity contribution in [1.29, 1.82) is 0 Å². The van der Waals surface area contributed by atoms with Crippen LogP contribution in [0.4, 0.5) is 5.69 Å². The molecule has 0 N–H and O–H groups in total. The quantitative estimate of drug-likeness (QED) is 0.762. The second-order valence-corrected chi connectivity index (χ2v) is 6.95. The zero-order chi connectivity index (χ0) is 18.4. The van der Waals surface area contributed by atoms with Gasteiger partial charge in [0.2, 0.25) is 0 Å². The lowest BCUT2D eigenvalue weighted by molar-refractivity contribution is 0.0784. The van der Waals surface area contributed by atoms with Gasteiger partial charge in [0.25, 0.3) is 5.91 Å². The van der Waals surface area contributed by atoms with Crippen LogP contribution in [-0.2, 0) is 6.54 Å². The van der Waals surface area contributed by atoms with E-state index in [9.17, 15) is 4.79 Å². The molecule has 0 bridgehead atoms. The van der Waals surface area contributed by atoms with Gasteiger partial charge in [0.05, 0.1) is 6.61 Å². The Kier molecular flexibility index (Phi) is 6.45. The first-order valence-corrected chi connectivity index (χ1v) is 8.61. The summed E-state index contributed by atoms with van der Waals surface area (Å²) in [5.74, 6) is 1.18. The molecule has 0 aliphatic rings. The summed E-state index contributed by atoms with van der Waals surface area (Å²) in [5.41, 5.74) is 2.90. The summed E-state index contributed by atoms with van der Waals surface area (Å²) in [4.78, 5) is 16.5. The molecule has 0 unspecified atom stereocenters. The van der Waals surface area contributed by atoms with Crippen molar-refractivity contribution in [2.75, 3.05) is 32.6 Å². The van der Waals surface area contributed by atoms with Crippen LogP contribution in [0.5, 0.6) is 5.75 Å². The highest BCUT2D eigenvalue weighted by molar-refractivity contribution is 5.94. The fraction of sp³-hybridized carbons (Fsp3) is 0.381. The van der Waals surface area contributed by atoms with Gasteiger partial charge in [-0.05, 0) is 41.8 Å². The molecule has 0 radical (unpaired) electrons. The average molecular weight is 340 g/mol. The number of benzene rings is 2. The largest absolute Gasteiger partial charge is 0.493 e. The van der Waals surface area contributed by atoms with Crippen molar-refractivity contribution < 1.29 is 9.53 Å². The number of carbonyl (C=O) groups is 1. The topological polar surface area (TPSA) is 32.8 Å². The minimum atomic E-state index is -0.00770. The van der Waals surface area contributed by atoms with E-state index in [1.54, 1.807) is 4.90 Å². The Balaban J connectivity index is 2.02. The van der Waals surface area contributed by atoms with Gasteiger partial charge in [0.15, 0.2) is 0 Å². The third-order valence-electron chi connectivity index (χ3n) is 3.88. The maximum atomic E-state index is 12.7. The van der Waals surface area contributed by atoms with Gasteiger partial charge < -0.3 is 14.5 Å². The van der Waals surface area contributed by atoms with Crippen molar-refractivity contribution >= 4 is 11.6 Å². The summed E-state index contributed by atoms with van der Waals surface area (Å²) in [5, 5.41) is 0. The number of rotatable bonds is 7. The standard InChI is InChI=1S/C21H28N2O2/c1-16(2)15-25-20-8-6-7-18(13-20)21(24)23(5)14-17-9-11-19(12-10-17)22(3)4/h6-13,16H,14-15H2,1-5H3. The molecular weight excluding hydrogens is 312 g/mol. The van der Waals surface area contributed by atoms with Crippen LogP contribution in [0.1, 0.15) is 29.8 Å². The van der Waals surface area contributed by atoms with Crippen LogP contribution in [0.2, 0.25) is 0 Å². The van der Waals surface area contributed by atoms with E-state index in [2.05, 4.69) is 43.0 Å². The minimum absolute atomic E-state index is 0.00770. The summed E-state index contributed by atoms with van der Waals surface area (Å²) >= 11 is 0. The van der Waals surface area contributed by atoms with Gasteiger partial charge in [-0.25, -0.2) is 0 Å². The molecule has 0 aliphatic heterocycles. The molecule has 0 spiro atoms. The lowest BCUT2D eigenvalue weighted by Crippen LogP contribution is -2.26. The van der Waals surface area contributed by atoms with Crippen molar-refractivity contribution in [3.8, 4) is 5.75 Å². The Hall–Kier alpha value is -2.49. The van der Waals surface area contributed by atoms with E-state index < -0.39 is 0 Å². The first-order chi connectivity index (χ1) is 11.9. The molecule has 134 valence electrons. The number of hydrogen-bond donors (Lipinski definition) is 0. The number of ether oxygens (including phenoxy) is 1. The molecule has 0 aromatic heterocycles. The fourth-order valence-electron chi connectivity index (χ4n) is 2.45. The van der Waals surface area contributed by atoms with Crippen LogP contribution in [0.3, 0.4) is 0 Å². The number of nitrogens with zero attached hydrogens (tertiary/aromatic N) is 2. The van der Waals surface area contributed by atoms with Crippen LogP contribution < -0.4 is 9.64 Å². The number of carbonyl (C=O) groups excluding carboxylic acids is 1. The molecular formula is C21H28N2O2. The smallest absolute Gasteiger partial charge is 0.254 e. The van der Waals surface area contributed by atoms with Gasteiger partial charge in [-0.2, -0.15) is 0 Å². The van der Waals surface area contributed by atoms with Crippen LogP contribution in [0, 0.1) is 5.92 Å². The molecule has 4 heteroatoms. The molecule has 0 saturated carbocycles. The number of amides is 1. The molecule has 2 rings (SSSR count). The Labute approximate surface area is 151 Å². The van der Waals surface area contributed by atoms with E-state index in [-0.39, 0.29) is 5.91 Å². The van der Waals surface area contributed by atoms with E-state index >= 15 is 0 Å². The van der Waals surface area contributed by atoms with E-state index in [0.717, 1.165) is 17.0 Å². The van der Waals surface area contributed by atoms with Gasteiger partial charge in [-0.15, -0.1) is 0 Å². The summed E-state index contributed by atoms with van der Waals surface area (Å²) in [6.45, 7) is 5.42. The van der Waals surface area contributed by atoms with E-state index in [1.807, 2.05) is 45.4 Å². The predicted octanol–water partition coefficient (Wildman–Crippen LogP) is 4.06. The summed E-state index contributed by atoms with van der Waals surface area (Å²) in [7, 11) is 5.85. The van der Waals surface area contributed by atoms with Gasteiger partial charge >= 0.3 is 0 Å².